The van der Waals surface area contributed by atoms with Gasteiger partial charge in [0.15, 0.2) is 0 Å². The highest BCUT2D eigenvalue weighted by atomic mass is 79.9. The van der Waals surface area contributed by atoms with Crippen LogP contribution in [-0.4, -0.2) is 37.1 Å². The van der Waals surface area contributed by atoms with Gasteiger partial charge in [0.25, 0.3) is 0 Å². The summed E-state index contributed by atoms with van der Waals surface area (Å²) in [6.07, 6.45) is 5.15. The highest BCUT2D eigenvalue weighted by Gasteiger charge is 2.22. The fourth-order valence-corrected chi connectivity index (χ4v) is 3.81. The van der Waals surface area contributed by atoms with Gasteiger partial charge in [-0.2, -0.15) is 0 Å². The summed E-state index contributed by atoms with van der Waals surface area (Å²) in [4.78, 5) is 4.45. The maximum atomic E-state index is 11.6. The van der Waals surface area contributed by atoms with Crippen LogP contribution in [0, 0.1) is 5.92 Å². The predicted molar refractivity (Wildman–Crippen MR) is 79.4 cm³/mol. The number of hydrogen-bond acceptors (Lipinski definition) is 3. The molecule has 1 fully saturated rings. The Bertz CT molecular complexity index is 533. The molecule has 106 valence electrons. The van der Waals surface area contributed by atoms with E-state index in [4.69, 9.17) is 0 Å². The Balaban J connectivity index is 1.96. The molecule has 4 nitrogen and oxygen atoms in total. The van der Waals surface area contributed by atoms with E-state index in [9.17, 15) is 8.42 Å². The predicted octanol–water partition coefficient (Wildman–Crippen LogP) is 2.45. The first-order valence-electron chi connectivity index (χ1n) is 6.52. The molecule has 1 aromatic rings. The number of rotatable bonds is 3. The highest BCUT2D eigenvalue weighted by molar-refractivity contribution is 9.10. The SMILES string of the molecule is CS(=O)(=O)N1CCC[C@@H](Cc2cccc(Br)n2)CC1. The molecule has 0 bridgehead atoms. The maximum Gasteiger partial charge on any atom is 0.211 e. The topological polar surface area (TPSA) is 50.3 Å². The Hall–Kier alpha value is -0.460. The number of nitrogens with zero attached hydrogens (tertiary/aromatic N) is 2. The second-order valence-corrected chi connectivity index (χ2v) is 7.91. The largest absolute Gasteiger partial charge is 0.246 e. The van der Waals surface area contributed by atoms with Crippen LogP contribution in [0.4, 0.5) is 0 Å². The van der Waals surface area contributed by atoms with Crippen LogP contribution in [0.25, 0.3) is 0 Å². The summed E-state index contributed by atoms with van der Waals surface area (Å²) in [7, 11) is -3.04. The number of pyridine rings is 1. The second-order valence-electron chi connectivity index (χ2n) is 5.11. The molecule has 0 radical (unpaired) electrons. The lowest BCUT2D eigenvalue weighted by molar-refractivity contribution is 0.412. The fourth-order valence-electron chi connectivity index (χ4n) is 2.53. The molecule has 2 heterocycles. The first-order chi connectivity index (χ1) is 8.95. The van der Waals surface area contributed by atoms with Crippen molar-refractivity contribution in [2.45, 2.75) is 25.7 Å². The van der Waals surface area contributed by atoms with Gasteiger partial charge in [0.2, 0.25) is 10.0 Å². The van der Waals surface area contributed by atoms with E-state index in [-0.39, 0.29) is 0 Å². The summed E-state index contributed by atoms with van der Waals surface area (Å²) in [5.41, 5.74) is 1.08. The minimum absolute atomic E-state index is 0.522. The molecule has 0 aliphatic carbocycles. The van der Waals surface area contributed by atoms with Gasteiger partial charge in [0.05, 0.1) is 6.26 Å². The molecule has 1 aromatic heterocycles. The number of hydrogen-bond donors (Lipinski definition) is 0. The zero-order chi connectivity index (χ0) is 13.9. The smallest absolute Gasteiger partial charge is 0.211 e. The van der Waals surface area contributed by atoms with Gasteiger partial charge >= 0.3 is 0 Å². The van der Waals surface area contributed by atoms with E-state index in [1.165, 1.54) is 6.26 Å². The lowest BCUT2D eigenvalue weighted by Crippen LogP contribution is -2.30. The second kappa shape index (κ2) is 6.33. The van der Waals surface area contributed by atoms with Gasteiger partial charge in [-0.05, 0) is 59.7 Å². The highest BCUT2D eigenvalue weighted by Crippen LogP contribution is 2.22. The molecule has 1 saturated heterocycles. The number of halogens is 1. The molecule has 1 aliphatic heterocycles. The fraction of sp³-hybridized carbons (Fsp3) is 0.615. The third kappa shape index (κ3) is 4.54. The van der Waals surface area contributed by atoms with Gasteiger partial charge in [0.1, 0.15) is 4.60 Å². The van der Waals surface area contributed by atoms with Crippen molar-refractivity contribution in [1.82, 2.24) is 9.29 Å². The third-order valence-corrected chi connectivity index (χ3v) is 5.29. The zero-order valence-electron chi connectivity index (χ0n) is 11.0. The van der Waals surface area contributed by atoms with Crippen molar-refractivity contribution in [2.75, 3.05) is 19.3 Å². The average Bonchev–Trinajstić information content (AvgIpc) is 2.54. The monoisotopic (exact) mass is 346 g/mol. The van der Waals surface area contributed by atoms with Crippen molar-refractivity contribution >= 4 is 26.0 Å². The molecule has 0 spiro atoms. The maximum absolute atomic E-state index is 11.6. The molecular formula is C13H19BrN2O2S. The Morgan fingerprint density at radius 2 is 2.16 bits per heavy atom. The normalized spacial score (nSPS) is 22.1. The van der Waals surface area contributed by atoms with Crippen molar-refractivity contribution in [1.29, 1.82) is 0 Å². The van der Waals surface area contributed by atoms with Crippen LogP contribution in [0.15, 0.2) is 22.8 Å². The van der Waals surface area contributed by atoms with Crippen LogP contribution >= 0.6 is 15.9 Å². The van der Waals surface area contributed by atoms with Crippen molar-refractivity contribution < 1.29 is 8.42 Å². The molecule has 6 heteroatoms. The standard InChI is InChI=1S/C13H19BrN2O2S/c1-19(17,18)16-8-3-4-11(7-9-16)10-12-5-2-6-13(14)15-12/h2,5-6,11H,3-4,7-10H2,1H3/t11-/m1/s1. The van der Waals surface area contributed by atoms with E-state index in [2.05, 4.69) is 20.9 Å². The van der Waals surface area contributed by atoms with Crippen LogP contribution in [0.5, 0.6) is 0 Å². The van der Waals surface area contributed by atoms with Gasteiger partial charge in [0, 0.05) is 18.8 Å². The van der Waals surface area contributed by atoms with E-state index in [1.54, 1.807) is 4.31 Å². The quantitative estimate of drug-likeness (QED) is 0.790. The van der Waals surface area contributed by atoms with Crippen LogP contribution in [-0.2, 0) is 16.4 Å². The molecule has 19 heavy (non-hydrogen) atoms. The van der Waals surface area contributed by atoms with Crippen LogP contribution < -0.4 is 0 Å². The summed E-state index contributed by atoms with van der Waals surface area (Å²) in [6, 6.07) is 5.94. The summed E-state index contributed by atoms with van der Waals surface area (Å²) < 4.78 is 25.6. The van der Waals surface area contributed by atoms with E-state index in [0.717, 1.165) is 36.0 Å². The minimum atomic E-state index is -3.04. The Kier molecular flexibility index (Phi) is 4.97. The summed E-state index contributed by atoms with van der Waals surface area (Å²) >= 11 is 3.38. The molecule has 1 aliphatic rings. The van der Waals surface area contributed by atoms with Gasteiger partial charge < -0.3 is 0 Å². The lowest BCUT2D eigenvalue weighted by atomic mass is 9.95. The van der Waals surface area contributed by atoms with Gasteiger partial charge in [-0.25, -0.2) is 17.7 Å². The molecule has 1 atom stereocenters. The summed E-state index contributed by atoms with van der Waals surface area (Å²) in [5, 5.41) is 0. The van der Waals surface area contributed by atoms with Crippen molar-refractivity contribution in [2.24, 2.45) is 5.92 Å². The molecule has 2 rings (SSSR count). The van der Waals surface area contributed by atoms with E-state index in [0.29, 0.717) is 19.0 Å². The van der Waals surface area contributed by atoms with Crippen LogP contribution in [0.3, 0.4) is 0 Å². The Labute approximate surface area is 123 Å². The summed E-state index contributed by atoms with van der Waals surface area (Å²) in [6.45, 7) is 1.29. The first-order valence-corrected chi connectivity index (χ1v) is 9.16. The Morgan fingerprint density at radius 1 is 1.37 bits per heavy atom. The van der Waals surface area contributed by atoms with Crippen LogP contribution in [0.2, 0.25) is 0 Å². The average molecular weight is 347 g/mol. The molecule has 0 saturated carbocycles. The molecular weight excluding hydrogens is 328 g/mol. The van der Waals surface area contributed by atoms with Gasteiger partial charge in [-0.15, -0.1) is 0 Å². The zero-order valence-corrected chi connectivity index (χ0v) is 13.5. The van der Waals surface area contributed by atoms with Crippen molar-refractivity contribution in [3.8, 4) is 0 Å². The van der Waals surface area contributed by atoms with Gasteiger partial charge in [-0.3, -0.25) is 0 Å². The lowest BCUT2D eigenvalue weighted by Gasteiger charge is -2.17. The van der Waals surface area contributed by atoms with Crippen LogP contribution in [0.1, 0.15) is 25.0 Å². The number of aromatic nitrogens is 1. The van der Waals surface area contributed by atoms with E-state index < -0.39 is 10.0 Å². The molecule has 0 unspecified atom stereocenters. The summed E-state index contributed by atoms with van der Waals surface area (Å²) in [5.74, 6) is 0.522. The van der Waals surface area contributed by atoms with Crippen molar-refractivity contribution in [3.63, 3.8) is 0 Å². The molecule has 0 aromatic carbocycles. The van der Waals surface area contributed by atoms with Crippen molar-refractivity contribution in [3.05, 3.63) is 28.5 Å². The minimum Gasteiger partial charge on any atom is -0.246 e. The third-order valence-electron chi connectivity index (χ3n) is 3.55. The first kappa shape index (κ1) is 14.9. The van der Waals surface area contributed by atoms with E-state index >= 15 is 0 Å². The Morgan fingerprint density at radius 3 is 2.84 bits per heavy atom. The van der Waals surface area contributed by atoms with Gasteiger partial charge in [-0.1, -0.05) is 6.07 Å². The molecule has 0 amide bonds. The number of sulfonamides is 1. The van der Waals surface area contributed by atoms with E-state index in [1.807, 2.05) is 18.2 Å². The molecule has 0 N–H and O–H groups in total.